The van der Waals surface area contributed by atoms with Crippen LogP contribution in [0, 0.1) is 17.8 Å². The van der Waals surface area contributed by atoms with Gasteiger partial charge in [-0.1, -0.05) is 32.9 Å². The predicted molar refractivity (Wildman–Crippen MR) is 57.5 cm³/mol. The fourth-order valence-corrected chi connectivity index (χ4v) is 2.69. The molecule has 2 unspecified atom stereocenters. The van der Waals surface area contributed by atoms with Gasteiger partial charge in [0, 0.05) is 0 Å². The SMILES string of the molecule is CC.CC1C2C=C3CCCC3=CC12. The highest BCUT2D eigenvalue weighted by Crippen LogP contribution is 2.54. The molecule has 0 aromatic carbocycles. The van der Waals surface area contributed by atoms with Crippen LogP contribution in [0.4, 0.5) is 0 Å². The Balaban J connectivity index is 0.000000308. The van der Waals surface area contributed by atoms with E-state index in [1.807, 2.05) is 13.8 Å². The summed E-state index contributed by atoms with van der Waals surface area (Å²) < 4.78 is 0. The third-order valence-corrected chi connectivity index (χ3v) is 3.61. The lowest BCUT2D eigenvalue weighted by Gasteiger charge is -2.04. The van der Waals surface area contributed by atoms with Crippen molar-refractivity contribution in [2.45, 2.75) is 40.0 Å². The monoisotopic (exact) mass is 176 g/mol. The predicted octanol–water partition coefficient (Wildman–Crippen LogP) is 3.95. The molecule has 0 aromatic rings. The Bertz CT molecular complexity index is 231. The molecule has 0 N–H and O–H groups in total. The van der Waals surface area contributed by atoms with Crippen LogP contribution in [0.1, 0.15) is 40.0 Å². The molecule has 0 heteroatoms. The van der Waals surface area contributed by atoms with Crippen LogP contribution in [-0.2, 0) is 0 Å². The van der Waals surface area contributed by atoms with Crippen LogP contribution in [-0.4, -0.2) is 0 Å². The normalized spacial score (nSPS) is 39.2. The molecule has 0 spiro atoms. The molecule has 72 valence electrons. The van der Waals surface area contributed by atoms with Crippen LogP contribution in [0.15, 0.2) is 23.3 Å². The number of rotatable bonds is 0. The molecule has 13 heavy (non-hydrogen) atoms. The van der Waals surface area contributed by atoms with Crippen molar-refractivity contribution >= 4 is 0 Å². The molecule has 3 rings (SSSR count). The minimum Gasteiger partial charge on any atom is -0.0770 e. The molecule has 0 saturated heterocycles. The van der Waals surface area contributed by atoms with Crippen LogP contribution >= 0.6 is 0 Å². The van der Waals surface area contributed by atoms with Crippen LogP contribution in [0.25, 0.3) is 0 Å². The Kier molecular flexibility index (Phi) is 2.31. The van der Waals surface area contributed by atoms with Gasteiger partial charge in [0.2, 0.25) is 0 Å². The summed E-state index contributed by atoms with van der Waals surface area (Å²) in [5, 5.41) is 0. The highest BCUT2D eigenvalue weighted by atomic mass is 14.5. The molecule has 3 aliphatic rings. The Morgan fingerprint density at radius 3 is 1.92 bits per heavy atom. The van der Waals surface area contributed by atoms with E-state index in [0.29, 0.717) is 0 Å². The first-order valence-corrected chi connectivity index (χ1v) is 5.78. The summed E-state index contributed by atoms with van der Waals surface area (Å²) in [5.41, 5.74) is 3.38. The maximum Gasteiger partial charge on any atom is -0.0130 e. The summed E-state index contributed by atoms with van der Waals surface area (Å²) in [5.74, 6) is 2.83. The molecule has 0 aliphatic heterocycles. The van der Waals surface area contributed by atoms with E-state index in [1.165, 1.54) is 19.3 Å². The molecule has 3 aliphatic carbocycles. The minimum atomic E-state index is 0.937. The molecular weight excluding hydrogens is 156 g/mol. The Hall–Kier alpha value is -0.520. The first-order valence-electron chi connectivity index (χ1n) is 5.78. The topological polar surface area (TPSA) is 0 Å². The van der Waals surface area contributed by atoms with Crippen LogP contribution < -0.4 is 0 Å². The molecule has 2 fully saturated rings. The van der Waals surface area contributed by atoms with Gasteiger partial charge in [0.1, 0.15) is 0 Å². The highest BCUT2D eigenvalue weighted by Gasteiger charge is 2.46. The third-order valence-electron chi connectivity index (χ3n) is 3.61. The van der Waals surface area contributed by atoms with E-state index < -0.39 is 0 Å². The second-order valence-electron chi connectivity index (χ2n) is 4.25. The van der Waals surface area contributed by atoms with E-state index in [9.17, 15) is 0 Å². The first kappa shape index (κ1) is 9.05. The fourth-order valence-electron chi connectivity index (χ4n) is 2.69. The molecule has 0 bridgehead atoms. The Labute approximate surface area is 81.7 Å². The largest absolute Gasteiger partial charge is 0.0770 e. The van der Waals surface area contributed by atoms with Gasteiger partial charge in [-0.25, -0.2) is 0 Å². The van der Waals surface area contributed by atoms with E-state index in [0.717, 1.165) is 17.8 Å². The van der Waals surface area contributed by atoms with Crippen LogP contribution in [0.5, 0.6) is 0 Å². The standard InChI is InChI=1S/C11H14.C2H6/c1-7-10-5-8-3-2-4-9(8)6-11(7)10;1-2/h5-7,10-11H,2-4H2,1H3;1-2H3. The summed E-state index contributed by atoms with van der Waals surface area (Å²) in [6.07, 6.45) is 9.24. The molecule has 0 aromatic heterocycles. The lowest BCUT2D eigenvalue weighted by atomic mass is 10.0. The molecule has 0 nitrogen and oxygen atoms in total. The second kappa shape index (κ2) is 3.32. The molecule has 2 atom stereocenters. The van der Waals surface area contributed by atoms with E-state index in [4.69, 9.17) is 0 Å². The van der Waals surface area contributed by atoms with E-state index >= 15 is 0 Å². The molecule has 0 radical (unpaired) electrons. The van der Waals surface area contributed by atoms with Crippen molar-refractivity contribution in [1.82, 2.24) is 0 Å². The van der Waals surface area contributed by atoms with Crippen molar-refractivity contribution in [2.75, 3.05) is 0 Å². The lowest BCUT2D eigenvalue weighted by molar-refractivity contribution is 0.873. The summed E-state index contributed by atoms with van der Waals surface area (Å²) in [7, 11) is 0. The Morgan fingerprint density at radius 2 is 1.46 bits per heavy atom. The van der Waals surface area contributed by atoms with Crippen molar-refractivity contribution in [3.05, 3.63) is 23.3 Å². The first-order chi connectivity index (χ1) is 6.36. The number of fused-ring (bicyclic) bond motifs is 2. The van der Waals surface area contributed by atoms with Crippen molar-refractivity contribution in [1.29, 1.82) is 0 Å². The van der Waals surface area contributed by atoms with E-state index in [2.05, 4.69) is 19.1 Å². The number of hydrogen-bond acceptors (Lipinski definition) is 0. The minimum absolute atomic E-state index is 0.937. The average Bonchev–Trinajstić information content (AvgIpc) is 2.66. The van der Waals surface area contributed by atoms with Crippen LogP contribution in [0.2, 0.25) is 0 Å². The maximum atomic E-state index is 2.55. The van der Waals surface area contributed by atoms with Crippen LogP contribution in [0.3, 0.4) is 0 Å². The summed E-state index contributed by atoms with van der Waals surface area (Å²) in [6, 6.07) is 0. The average molecular weight is 176 g/mol. The highest BCUT2D eigenvalue weighted by molar-refractivity contribution is 5.42. The third kappa shape index (κ3) is 1.37. The van der Waals surface area contributed by atoms with Gasteiger partial charge in [-0.05, 0) is 48.2 Å². The van der Waals surface area contributed by atoms with Crippen molar-refractivity contribution in [3.8, 4) is 0 Å². The zero-order chi connectivity index (χ0) is 9.42. The summed E-state index contributed by atoms with van der Waals surface area (Å²) in [4.78, 5) is 0. The van der Waals surface area contributed by atoms with E-state index in [-0.39, 0.29) is 0 Å². The lowest BCUT2D eigenvalue weighted by Crippen LogP contribution is -1.88. The smallest absolute Gasteiger partial charge is 0.0130 e. The quantitative estimate of drug-likeness (QED) is 0.524. The molecule has 0 amide bonds. The number of allylic oxidation sites excluding steroid dienone is 4. The van der Waals surface area contributed by atoms with Gasteiger partial charge < -0.3 is 0 Å². The van der Waals surface area contributed by atoms with Gasteiger partial charge in [0.05, 0.1) is 0 Å². The van der Waals surface area contributed by atoms with Gasteiger partial charge in [-0.3, -0.25) is 0 Å². The molecule has 0 heterocycles. The van der Waals surface area contributed by atoms with Crippen molar-refractivity contribution in [2.24, 2.45) is 17.8 Å². The fraction of sp³-hybridized carbons (Fsp3) is 0.692. The zero-order valence-corrected chi connectivity index (χ0v) is 9.01. The maximum absolute atomic E-state index is 2.55. The number of hydrogen-bond donors (Lipinski definition) is 0. The van der Waals surface area contributed by atoms with Gasteiger partial charge in [-0.15, -0.1) is 0 Å². The molecular formula is C13H20. The summed E-state index contributed by atoms with van der Waals surface area (Å²) in [6.45, 7) is 6.38. The van der Waals surface area contributed by atoms with Crippen molar-refractivity contribution < 1.29 is 0 Å². The second-order valence-corrected chi connectivity index (χ2v) is 4.25. The van der Waals surface area contributed by atoms with Gasteiger partial charge in [0.15, 0.2) is 0 Å². The zero-order valence-electron chi connectivity index (χ0n) is 9.01. The van der Waals surface area contributed by atoms with Crippen molar-refractivity contribution in [3.63, 3.8) is 0 Å². The van der Waals surface area contributed by atoms with Gasteiger partial charge in [0.25, 0.3) is 0 Å². The Morgan fingerprint density at radius 1 is 1.00 bits per heavy atom. The van der Waals surface area contributed by atoms with E-state index in [1.54, 1.807) is 11.1 Å². The molecule has 2 saturated carbocycles. The van der Waals surface area contributed by atoms with Gasteiger partial charge >= 0.3 is 0 Å². The van der Waals surface area contributed by atoms with Gasteiger partial charge in [-0.2, -0.15) is 0 Å². The summed E-state index contributed by atoms with van der Waals surface area (Å²) >= 11 is 0.